The van der Waals surface area contributed by atoms with Crippen LogP contribution >= 0.6 is 11.3 Å². The molecule has 0 fully saturated rings. The second kappa shape index (κ2) is 14.6. The van der Waals surface area contributed by atoms with Crippen LogP contribution in [0.5, 0.6) is 0 Å². The van der Waals surface area contributed by atoms with Gasteiger partial charge in [-0.15, -0.1) is 11.3 Å². The highest BCUT2D eigenvalue weighted by Crippen LogP contribution is 2.46. The number of fused-ring (bicyclic) bond motifs is 6. The van der Waals surface area contributed by atoms with Crippen LogP contribution in [0.1, 0.15) is 36.6 Å². The third-order valence-electron chi connectivity index (χ3n) is 11.0. The van der Waals surface area contributed by atoms with Gasteiger partial charge in [0.05, 0.1) is 11.8 Å². The second-order valence-electron chi connectivity index (χ2n) is 14.5. The average molecular weight is 751 g/mol. The molecule has 0 N–H and O–H groups in total. The predicted octanol–water partition coefficient (Wildman–Crippen LogP) is 15.0. The van der Waals surface area contributed by atoms with Gasteiger partial charge in [0.15, 0.2) is 0 Å². The first-order valence-electron chi connectivity index (χ1n) is 19.4. The van der Waals surface area contributed by atoms with Crippen LogP contribution in [0.3, 0.4) is 0 Å². The van der Waals surface area contributed by atoms with Gasteiger partial charge in [-0.1, -0.05) is 140 Å². The molecule has 3 heterocycles. The van der Waals surface area contributed by atoms with Crippen LogP contribution in [0.25, 0.3) is 81.1 Å². The summed E-state index contributed by atoms with van der Waals surface area (Å²) in [5, 5.41) is 4.85. The van der Waals surface area contributed by atoms with E-state index in [1.807, 2.05) is 29.8 Å². The molecule has 10 rings (SSSR count). The fourth-order valence-corrected chi connectivity index (χ4v) is 9.41. The zero-order valence-electron chi connectivity index (χ0n) is 31.7. The van der Waals surface area contributed by atoms with Crippen LogP contribution < -0.4 is 0 Å². The van der Waals surface area contributed by atoms with Crippen molar-refractivity contribution in [2.24, 2.45) is 4.99 Å². The van der Waals surface area contributed by atoms with Crippen LogP contribution in [0.15, 0.2) is 198 Å². The summed E-state index contributed by atoms with van der Waals surface area (Å²) < 4.78 is 9.36. The average Bonchev–Trinajstić information content (AvgIpc) is 3.86. The number of rotatable bonds is 8. The van der Waals surface area contributed by atoms with Gasteiger partial charge in [-0.3, -0.25) is 9.98 Å². The number of thiophene rings is 1. The van der Waals surface area contributed by atoms with Crippen molar-refractivity contribution in [1.29, 1.82) is 0 Å². The van der Waals surface area contributed by atoms with E-state index in [9.17, 15) is 0 Å². The smallest absolute Gasteiger partial charge is 0.143 e. The molecule has 7 aromatic carbocycles. The summed E-state index contributed by atoms with van der Waals surface area (Å²) in [6, 6.07) is 60.2. The Kier molecular flexibility index (Phi) is 8.89. The normalized spacial score (nSPS) is 12.9. The molecule has 3 aromatic heterocycles. The molecule has 0 amide bonds. The summed E-state index contributed by atoms with van der Waals surface area (Å²) in [4.78, 5) is 9.69. The fourth-order valence-electron chi connectivity index (χ4n) is 8.18. The SMILES string of the molecule is C/C(=C\C(=N[C@H](C)c1ccccc1-c1ccncc1)c1ccc(-c2ccc(-c3cccc4c3sc3ccccc34)c3c2oc2ccccc23)cc1)c1ccccc1. The summed E-state index contributed by atoms with van der Waals surface area (Å²) in [7, 11) is 0. The van der Waals surface area contributed by atoms with Gasteiger partial charge in [0, 0.05) is 54.5 Å². The Labute approximate surface area is 335 Å². The van der Waals surface area contributed by atoms with Gasteiger partial charge in [-0.25, -0.2) is 0 Å². The topological polar surface area (TPSA) is 38.4 Å². The molecular formula is C53H38N2OS. The molecule has 0 aliphatic rings. The monoisotopic (exact) mass is 750 g/mol. The van der Waals surface area contributed by atoms with Crippen molar-refractivity contribution >= 4 is 64.7 Å². The maximum atomic E-state index is 6.77. The number of para-hydroxylation sites is 1. The van der Waals surface area contributed by atoms with Gasteiger partial charge in [-0.2, -0.15) is 0 Å². The van der Waals surface area contributed by atoms with Crippen molar-refractivity contribution in [3.05, 3.63) is 205 Å². The number of aliphatic imine (C=N–C) groups is 1. The van der Waals surface area contributed by atoms with Gasteiger partial charge >= 0.3 is 0 Å². The molecule has 0 spiro atoms. The molecular weight excluding hydrogens is 713 g/mol. The minimum atomic E-state index is -0.100. The van der Waals surface area contributed by atoms with Crippen molar-refractivity contribution in [2.45, 2.75) is 19.9 Å². The van der Waals surface area contributed by atoms with Crippen LogP contribution in [-0.4, -0.2) is 10.7 Å². The van der Waals surface area contributed by atoms with E-state index in [4.69, 9.17) is 9.41 Å². The first-order chi connectivity index (χ1) is 28.1. The molecule has 0 aliphatic heterocycles. The number of hydrogen-bond donors (Lipinski definition) is 0. The Morgan fingerprint density at radius 1 is 0.579 bits per heavy atom. The van der Waals surface area contributed by atoms with Crippen LogP contribution in [-0.2, 0) is 0 Å². The minimum absolute atomic E-state index is 0.100. The lowest BCUT2D eigenvalue weighted by atomic mass is 9.93. The Hall–Kier alpha value is -6.88. The van der Waals surface area contributed by atoms with E-state index in [1.54, 1.807) is 0 Å². The molecule has 0 saturated heterocycles. The molecule has 0 bridgehead atoms. The lowest BCUT2D eigenvalue weighted by Gasteiger charge is -2.16. The molecule has 0 radical (unpaired) electrons. The first kappa shape index (κ1) is 34.6. The van der Waals surface area contributed by atoms with Gasteiger partial charge in [0.1, 0.15) is 11.2 Å². The van der Waals surface area contributed by atoms with Crippen LogP contribution in [0.4, 0.5) is 0 Å². The van der Waals surface area contributed by atoms with E-state index in [0.717, 1.165) is 61.0 Å². The van der Waals surface area contributed by atoms with Crippen LogP contribution in [0, 0.1) is 0 Å². The highest BCUT2D eigenvalue weighted by molar-refractivity contribution is 7.26. The Balaban J connectivity index is 1.09. The van der Waals surface area contributed by atoms with E-state index in [1.165, 1.54) is 42.4 Å². The van der Waals surface area contributed by atoms with Crippen molar-refractivity contribution in [3.8, 4) is 33.4 Å². The summed E-state index contributed by atoms with van der Waals surface area (Å²) in [5.74, 6) is 0. The molecule has 4 heteroatoms. The Bertz CT molecular complexity index is 3140. The quantitative estimate of drug-likeness (QED) is 0.145. The standard InChI is InChI=1S/C53H38N2OS/c1-34(36-13-4-3-5-14-36)33-48(55-35(2)40-15-6-7-16-41(40)38-29-31-54-32-30-38)39-25-23-37(24-26-39)42-27-28-44(51-47-18-8-10-21-49(47)56-52(42)51)46-20-12-19-45-43-17-9-11-22-50(43)57-53(45)46/h3-33,35H,1-2H3/b34-33+,55-48?/t35-/m1/s1. The van der Waals surface area contributed by atoms with Gasteiger partial charge in [0.25, 0.3) is 0 Å². The van der Waals surface area contributed by atoms with Crippen molar-refractivity contribution in [1.82, 2.24) is 4.98 Å². The maximum absolute atomic E-state index is 6.77. The van der Waals surface area contributed by atoms with Crippen molar-refractivity contribution in [2.75, 3.05) is 0 Å². The molecule has 0 aliphatic carbocycles. The summed E-state index contributed by atoms with van der Waals surface area (Å²) >= 11 is 1.86. The minimum Gasteiger partial charge on any atom is -0.455 e. The molecule has 1 atom stereocenters. The highest BCUT2D eigenvalue weighted by atomic mass is 32.1. The third kappa shape index (κ3) is 6.34. The second-order valence-corrected chi connectivity index (χ2v) is 15.6. The highest BCUT2D eigenvalue weighted by Gasteiger charge is 2.20. The largest absolute Gasteiger partial charge is 0.455 e. The third-order valence-corrected chi connectivity index (χ3v) is 12.2. The number of hydrogen-bond acceptors (Lipinski definition) is 4. The molecule has 272 valence electrons. The lowest BCUT2D eigenvalue weighted by molar-refractivity contribution is 0.670. The number of pyridine rings is 1. The van der Waals surface area contributed by atoms with E-state index in [-0.39, 0.29) is 6.04 Å². The van der Waals surface area contributed by atoms with Crippen molar-refractivity contribution < 1.29 is 4.42 Å². The lowest BCUT2D eigenvalue weighted by Crippen LogP contribution is -2.03. The molecule has 3 nitrogen and oxygen atoms in total. The molecule has 10 aromatic rings. The Morgan fingerprint density at radius 2 is 1.25 bits per heavy atom. The zero-order valence-corrected chi connectivity index (χ0v) is 32.5. The zero-order chi connectivity index (χ0) is 38.3. The van der Waals surface area contributed by atoms with E-state index >= 15 is 0 Å². The number of allylic oxidation sites excluding steroid dienone is 2. The summed E-state index contributed by atoms with van der Waals surface area (Å²) in [6.45, 7) is 4.34. The van der Waals surface area contributed by atoms with Gasteiger partial charge in [-0.05, 0) is 94.8 Å². The van der Waals surface area contributed by atoms with Gasteiger partial charge in [0.2, 0.25) is 0 Å². The molecule has 0 saturated carbocycles. The Morgan fingerprint density at radius 3 is 2.09 bits per heavy atom. The van der Waals surface area contributed by atoms with Crippen LogP contribution in [0.2, 0.25) is 0 Å². The number of furan rings is 1. The predicted molar refractivity (Wildman–Crippen MR) is 242 cm³/mol. The molecule has 0 unspecified atom stereocenters. The number of aromatic nitrogens is 1. The fraction of sp³-hybridized carbons (Fsp3) is 0.0566. The van der Waals surface area contributed by atoms with Crippen molar-refractivity contribution in [3.63, 3.8) is 0 Å². The maximum Gasteiger partial charge on any atom is 0.143 e. The molecule has 57 heavy (non-hydrogen) atoms. The first-order valence-corrected chi connectivity index (χ1v) is 20.2. The van der Waals surface area contributed by atoms with Gasteiger partial charge < -0.3 is 4.42 Å². The summed E-state index contributed by atoms with van der Waals surface area (Å²) in [5.41, 5.74) is 14.1. The number of nitrogens with zero attached hydrogens (tertiary/aromatic N) is 2. The van der Waals surface area contributed by atoms with E-state index in [2.05, 4.69) is 189 Å². The van der Waals surface area contributed by atoms with E-state index in [0.29, 0.717) is 0 Å². The van der Waals surface area contributed by atoms with E-state index < -0.39 is 0 Å². The summed E-state index contributed by atoms with van der Waals surface area (Å²) in [6.07, 6.45) is 5.91. The number of benzene rings is 7.